The van der Waals surface area contributed by atoms with Crippen LogP contribution >= 0.6 is 0 Å². The van der Waals surface area contributed by atoms with Gasteiger partial charge >= 0.3 is 12.1 Å². The maximum absolute atomic E-state index is 11.8. The van der Waals surface area contributed by atoms with E-state index >= 15 is 0 Å². The number of hydrogen-bond acceptors (Lipinski definition) is 4. The molecular formula is C12H13NO5. The summed E-state index contributed by atoms with van der Waals surface area (Å²) in [6.45, 7) is -0.0252. The zero-order chi connectivity index (χ0) is 13.1. The number of para-hydroxylation sites is 1. The summed E-state index contributed by atoms with van der Waals surface area (Å²) >= 11 is 0. The molecule has 1 saturated heterocycles. The third kappa shape index (κ3) is 2.60. The first-order chi connectivity index (χ1) is 8.58. The number of rotatable bonds is 2. The molecule has 1 aliphatic rings. The van der Waals surface area contributed by atoms with Crippen molar-refractivity contribution in [1.82, 2.24) is 4.90 Å². The Morgan fingerprint density at radius 1 is 1.28 bits per heavy atom. The highest BCUT2D eigenvalue weighted by atomic mass is 16.6. The average Bonchev–Trinajstić information content (AvgIpc) is 2.73. The van der Waals surface area contributed by atoms with E-state index in [1.807, 2.05) is 0 Å². The van der Waals surface area contributed by atoms with Crippen LogP contribution in [0, 0.1) is 0 Å². The summed E-state index contributed by atoms with van der Waals surface area (Å²) in [5.41, 5.74) is 0. The average molecular weight is 251 g/mol. The first-order valence-corrected chi connectivity index (χ1v) is 5.52. The molecule has 2 atom stereocenters. The van der Waals surface area contributed by atoms with Gasteiger partial charge in [0.2, 0.25) is 0 Å². The summed E-state index contributed by atoms with van der Waals surface area (Å²) < 4.78 is 5.04. The lowest BCUT2D eigenvalue weighted by molar-refractivity contribution is -0.141. The number of ether oxygens (including phenoxy) is 1. The molecule has 2 N–H and O–H groups in total. The lowest BCUT2D eigenvalue weighted by Gasteiger charge is -2.20. The van der Waals surface area contributed by atoms with E-state index in [2.05, 4.69) is 0 Å². The van der Waals surface area contributed by atoms with Crippen molar-refractivity contribution < 1.29 is 24.5 Å². The molecule has 96 valence electrons. The van der Waals surface area contributed by atoms with Crippen LogP contribution in [0.25, 0.3) is 0 Å². The summed E-state index contributed by atoms with van der Waals surface area (Å²) in [6.07, 6.45) is -1.56. The van der Waals surface area contributed by atoms with E-state index in [4.69, 9.17) is 9.84 Å². The maximum atomic E-state index is 11.8. The molecule has 18 heavy (non-hydrogen) atoms. The van der Waals surface area contributed by atoms with E-state index in [0.29, 0.717) is 5.75 Å². The summed E-state index contributed by atoms with van der Waals surface area (Å²) in [6, 6.07) is 7.35. The van der Waals surface area contributed by atoms with Crippen LogP contribution in [-0.2, 0) is 4.79 Å². The fourth-order valence-corrected chi connectivity index (χ4v) is 1.90. The predicted octanol–water partition coefficient (Wildman–Crippen LogP) is 0.705. The normalized spacial score (nSPS) is 22.8. The number of β-amino-alcohol motifs (C(OH)–C–C–N with tert-alkyl or cyclic N) is 1. The second-order valence-corrected chi connectivity index (χ2v) is 4.08. The number of carboxylic acid groups (broad SMARTS) is 1. The minimum Gasteiger partial charge on any atom is -0.480 e. The number of carbonyl (C=O) groups excluding carboxylic acids is 1. The van der Waals surface area contributed by atoms with E-state index in [1.165, 1.54) is 0 Å². The monoisotopic (exact) mass is 251 g/mol. The van der Waals surface area contributed by atoms with Gasteiger partial charge in [-0.3, -0.25) is 4.90 Å². The van der Waals surface area contributed by atoms with Crippen LogP contribution in [0.5, 0.6) is 5.75 Å². The van der Waals surface area contributed by atoms with Crippen molar-refractivity contribution >= 4 is 12.1 Å². The second kappa shape index (κ2) is 5.05. The standard InChI is InChI=1S/C12H13NO5/c14-8-6-10(11(15)16)13(7-8)12(17)18-9-4-2-1-3-5-9/h1-5,8,10,14H,6-7H2,(H,15,16)/t8-,10-/m1/s1. The smallest absolute Gasteiger partial charge is 0.416 e. The number of carbonyl (C=O) groups is 2. The van der Waals surface area contributed by atoms with Crippen molar-refractivity contribution in [2.24, 2.45) is 0 Å². The number of nitrogens with zero attached hydrogens (tertiary/aromatic N) is 1. The number of aliphatic hydroxyl groups is 1. The molecule has 1 amide bonds. The number of likely N-dealkylation sites (tertiary alicyclic amines) is 1. The second-order valence-electron chi connectivity index (χ2n) is 4.08. The number of aliphatic carboxylic acids is 1. The van der Waals surface area contributed by atoms with Gasteiger partial charge in [-0.05, 0) is 12.1 Å². The van der Waals surface area contributed by atoms with Crippen LogP contribution in [0.4, 0.5) is 4.79 Å². The van der Waals surface area contributed by atoms with Gasteiger partial charge in [-0.25, -0.2) is 9.59 Å². The van der Waals surface area contributed by atoms with Gasteiger partial charge in [-0.2, -0.15) is 0 Å². The van der Waals surface area contributed by atoms with Crippen molar-refractivity contribution in [3.8, 4) is 5.75 Å². The van der Waals surface area contributed by atoms with Crippen molar-refractivity contribution in [1.29, 1.82) is 0 Å². The van der Waals surface area contributed by atoms with E-state index in [0.717, 1.165) is 4.90 Å². The molecule has 0 unspecified atom stereocenters. The molecule has 6 nitrogen and oxygen atoms in total. The fraction of sp³-hybridized carbons (Fsp3) is 0.333. The summed E-state index contributed by atoms with van der Waals surface area (Å²) in [5.74, 6) is -0.801. The van der Waals surface area contributed by atoms with Crippen LogP contribution in [0.1, 0.15) is 6.42 Å². The zero-order valence-electron chi connectivity index (χ0n) is 9.52. The topological polar surface area (TPSA) is 87.1 Å². The summed E-state index contributed by atoms with van der Waals surface area (Å²) in [4.78, 5) is 23.8. The van der Waals surface area contributed by atoms with Crippen molar-refractivity contribution in [2.45, 2.75) is 18.6 Å². The van der Waals surface area contributed by atoms with Gasteiger partial charge in [0.1, 0.15) is 11.8 Å². The largest absolute Gasteiger partial charge is 0.480 e. The SMILES string of the molecule is O=C(O)[C@H]1C[C@@H](O)CN1C(=O)Oc1ccccc1. The van der Waals surface area contributed by atoms with Gasteiger partial charge < -0.3 is 14.9 Å². The maximum Gasteiger partial charge on any atom is 0.416 e. The molecule has 0 radical (unpaired) electrons. The number of hydrogen-bond donors (Lipinski definition) is 2. The van der Waals surface area contributed by atoms with Crippen LogP contribution in [-0.4, -0.2) is 45.9 Å². The highest BCUT2D eigenvalue weighted by Gasteiger charge is 2.40. The van der Waals surface area contributed by atoms with Crippen molar-refractivity contribution in [3.05, 3.63) is 30.3 Å². The lowest BCUT2D eigenvalue weighted by atomic mass is 10.2. The Kier molecular flexibility index (Phi) is 3.47. The van der Waals surface area contributed by atoms with Crippen LogP contribution < -0.4 is 4.74 Å². The van der Waals surface area contributed by atoms with E-state index in [1.54, 1.807) is 30.3 Å². The molecule has 2 rings (SSSR count). The Morgan fingerprint density at radius 2 is 1.94 bits per heavy atom. The molecule has 0 bridgehead atoms. The Balaban J connectivity index is 2.06. The zero-order valence-corrected chi connectivity index (χ0v) is 9.52. The number of benzene rings is 1. The summed E-state index contributed by atoms with van der Waals surface area (Å²) in [5, 5.41) is 18.4. The molecule has 6 heteroatoms. The first-order valence-electron chi connectivity index (χ1n) is 5.52. The molecular weight excluding hydrogens is 238 g/mol. The van der Waals surface area contributed by atoms with Gasteiger partial charge in [0.15, 0.2) is 0 Å². The summed E-state index contributed by atoms with van der Waals surface area (Å²) in [7, 11) is 0. The van der Waals surface area contributed by atoms with E-state index in [-0.39, 0.29) is 13.0 Å². The van der Waals surface area contributed by atoms with Crippen LogP contribution in [0.3, 0.4) is 0 Å². The number of amides is 1. The number of carboxylic acids is 1. The third-order valence-corrected chi connectivity index (χ3v) is 2.75. The van der Waals surface area contributed by atoms with E-state index < -0.39 is 24.2 Å². The van der Waals surface area contributed by atoms with E-state index in [9.17, 15) is 14.7 Å². The van der Waals surface area contributed by atoms with Gasteiger partial charge in [-0.1, -0.05) is 18.2 Å². The molecule has 1 aromatic rings. The van der Waals surface area contributed by atoms with Gasteiger partial charge in [0, 0.05) is 6.42 Å². The molecule has 0 aliphatic carbocycles. The molecule has 0 spiro atoms. The predicted molar refractivity (Wildman–Crippen MR) is 61.2 cm³/mol. The minimum absolute atomic E-state index is 0.0252. The van der Waals surface area contributed by atoms with Crippen molar-refractivity contribution in [3.63, 3.8) is 0 Å². The Labute approximate surface area is 103 Å². The minimum atomic E-state index is -1.14. The molecule has 0 saturated carbocycles. The van der Waals surface area contributed by atoms with Gasteiger partial charge in [0.25, 0.3) is 0 Å². The van der Waals surface area contributed by atoms with Gasteiger partial charge in [0.05, 0.1) is 12.6 Å². The first kappa shape index (κ1) is 12.4. The molecule has 0 aromatic heterocycles. The fourth-order valence-electron chi connectivity index (χ4n) is 1.90. The highest BCUT2D eigenvalue weighted by Crippen LogP contribution is 2.20. The lowest BCUT2D eigenvalue weighted by Crippen LogP contribution is -2.42. The van der Waals surface area contributed by atoms with Gasteiger partial charge in [-0.15, -0.1) is 0 Å². The quantitative estimate of drug-likeness (QED) is 0.808. The Morgan fingerprint density at radius 3 is 2.56 bits per heavy atom. The Bertz CT molecular complexity index is 447. The van der Waals surface area contributed by atoms with Crippen LogP contribution in [0.15, 0.2) is 30.3 Å². The van der Waals surface area contributed by atoms with Crippen molar-refractivity contribution in [2.75, 3.05) is 6.54 Å². The molecule has 1 aliphatic heterocycles. The highest BCUT2D eigenvalue weighted by molar-refractivity contribution is 5.81. The molecule has 1 fully saturated rings. The molecule has 1 heterocycles. The molecule has 1 aromatic carbocycles. The third-order valence-electron chi connectivity index (χ3n) is 2.75. The Hall–Kier alpha value is -2.08. The number of aliphatic hydroxyl groups excluding tert-OH is 1. The van der Waals surface area contributed by atoms with Crippen LogP contribution in [0.2, 0.25) is 0 Å².